The number of aromatic nitrogens is 1. The van der Waals surface area contributed by atoms with E-state index in [0.717, 1.165) is 5.56 Å². The van der Waals surface area contributed by atoms with Gasteiger partial charge in [-0.2, -0.15) is 0 Å². The highest BCUT2D eigenvalue weighted by Crippen LogP contribution is 2.10. The first-order valence-electron chi connectivity index (χ1n) is 6.67. The Morgan fingerprint density at radius 3 is 2.60 bits per heavy atom. The lowest BCUT2D eigenvalue weighted by Gasteiger charge is -2.17. The van der Waals surface area contributed by atoms with E-state index in [1.54, 1.807) is 13.1 Å². The highest BCUT2D eigenvalue weighted by molar-refractivity contribution is 5.79. The maximum Gasteiger partial charge on any atom is 0.328 e. The zero-order valence-corrected chi connectivity index (χ0v) is 11.5. The number of ether oxygens (including phenoxy) is 1. The zero-order valence-electron chi connectivity index (χ0n) is 11.5. The van der Waals surface area contributed by atoms with Crippen molar-refractivity contribution >= 4 is 11.8 Å². The highest BCUT2D eigenvalue weighted by Gasteiger charge is 2.20. The minimum Gasteiger partial charge on any atom is -0.464 e. The maximum atomic E-state index is 12.0. The SMILES string of the molecule is CCOC(=O)C(Cc1ccccc1)Nc1ccccn1. The molecule has 0 amide bonds. The topological polar surface area (TPSA) is 51.2 Å². The van der Waals surface area contributed by atoms with E-state index in [2.05, 4.69) is 10.3 Å². The van der Waals surface area contributed by atoms with Crippen molar-refractivity contribution in [3.05, 3.63) is 60.3 Å². The van der Waals surface area contributed by atoms with Crippen LogP contribution in [0, 0.1) is 0 Å². The van der Waals surface area contributed by atoms with Gasteiger partial charge in [-0.1, -0.05) is 36.4 Å². The third-order valence-electron chi connectivity index (χ3n) is 2.84. The molecule has 2 rings (SSSR count). The molecule has 4 heteroatoms. The number of pyridine rings is 1. The lowest BCUT2D eigenvalue weighted by Crippen LogP contribution is -2.33. The van der Waals surface area contributed by atoms with E-state index in [1.165, 1.54) is 0 Å². The number of anilines is 1. The number of esters is 1. The largest absolute Gasteiger partial charge is 0.464 e. The summed E-state index contributed by atoms with van der Waals surface area (Å²) in [5.41, 5.74) is 1.08. The Balaban J connectivity index is 2.10. The van der Waals surface area contributed by atoms with Crippen LogP contribution >= 0.6 is 0 Å². The quantitative estimate of drug-likeness (QED) is 0.820. The Morgan fingerprint density at radius 2 is 1.95 bits per heavy atom. The third kappa shape index (κ3) is 4.09. The molecule has 0 fully saturated rings. The van der Waals surface area contributed by atoms with Crippen LogP contribution in [0.25, 0.3) is 0 Å². The highest BCUT2D eigenvalue weighted by atomic mass is 16.5. The van der Waals surface area contributed by atoms with Crippen LogP contribution in [-0.4, -0.2) is 23.6 Å². The van der Waals surface area contributed by atoms with Crippen molar-refractivity contribution < 1.29 is 9.53 Å². The molecule has 1 heterocycles. The van der Waals surface area contributed by atoms with E-state index in [4.69, 9.17) is 4.74 Å². The summed E-state index contributed by atoms with van der Waals surface area (Å²) in [6.07, 6.45) is 2.25. The first-order valence-corrected chi connectivity index (χ1v) is 6.67. The summed E-state index contributed by atoms with van der Waals surface area (Å²) in [5, 5.41) is 3.13. The molecular weight excluding hydrogens is 252 g/mol. The second-order valence-corrected chi connectivity index (χ2v) is 4.35. The van der Waals surface area contributed by atoms with Gasteiger partial charge in [0.15, 0.2) is 0 Å². The van der Waals surface area contributed by atoms with Gasteiger partial charge in [0.25, 0.3) is 0 Å². The van der Waals surface area contributed by atoms with Gasteiger partial charge >= 0.3 is 5.97 Å². The minimum absolute atomic E-state index is 0.262. The first-order chi connectivity index (χ1) is 9.79. The summed E-state index contributed by atoms with van der Waals surface area (Å²) in [4.78, 5) is 16.2. The Morgan fingerprint density at radius 1 is 1.20 bits per heavy atom. The molecule has 0 aliphatic rings. The summed E-state index contributed by atoms with van der Waals surface area (Å²) in [6, 6.07) is 15.0. The fourth-order valence-electron chi connectivity index (χ4n) is 1.91. The number of hydrogen-bond donors (Lipinski definition) is 1. The minimum atomic E-state index is -0.438. The predicted octanol–water partition coefficient (Wildman–Crippen LogP) is 2.67. The molecule has 1 aromatic heterocycles. The van der Waals surface area contributed by atoms with Crippen molar-refractivity contribution in [3.63, 3.8) is 0 Å². The molecule has 1 N–H and O–H groups in total. The van der Waals surface area contributed by atoms with Gasteiger partial charge in [0.1, 0.15) is 11.9 Å². The van der Waals surface area contributed by atoms with Crippen LogP contribution in [0.4, 0.5) is 5.82 Å². The Labute approximate surface area is 118 Å². The van der Waals surface area contributed by atoms with Crippen LogP contribution in [0.2, 0.25) is 0 Å². The van der Waals surface area contributed by atoms with Crippen LogP contribution in [0.3, 0.4) is 0 Å². The molecule has 4 nitrogen and oxygen atoms in total. The zero-order chi connectivity index (χ0) is 14.2. The van der Waals surface area contributed by atoms with Crippen molar-refractivity contribution in [3.8, 4) is 0 Å². The van der Waals surface area contributed by atoms with E-state index < -0.39 is 6.04 Å². The molecule has 0 saturated heterocycles. The molecule has 0 aliphatic carbocycles. The Kier molecular flexibility index (Phi) is 5.12. The molecule has 2 aromatic rings. The number of hydrogen-bond acceptors (Lipinski definition) is 4. The number of benzene rings is 1. The van der Waals surface area contributed by atoms with E-state index >= 15 is 0 Å². The van der Waals surface area contributed by atoms with Gasteiger partial charge in [-0.15, -0.1) is 0 Å². The van der Waals surface area contributed by atoms with E-state index in [-0.39, 0.29) is 5.97 Å². The average Bonchev–Trinajstić information content (AvgIpc) is 2.49. The third-order valence-corrected chi connectivity index (χ3v) is 2.84. The van der Waals surface area contributed by atoms with Crippen molar-refractivity contribution in [2.45, 2.75) is 19.4 Å². The van der Waals surface area contributed by atoms with Crippen LogP contribution in [0.1, 0.15) is 12.5 Å². The van der Waals surface area contributed by atoms with Gasteiger partial charge in [0, 0.05) is 12.6 Å². The first kappa shape index (κ1) is 14.1. The molecule has 0 spiro atoms. The average molecular weight is 270 g/mol. The molecule has 1 unspecified atom stereocenters. The summed E-state index contributed by atoms with van der Waals surface area (Å²) in [5.74, 6) is 0.406. The molecule has 0 bridgehead atoms. The summed E-state index contributed by atoms with van der Waals surface area (Å²) >= 11 is 0. The van der Waals surface area contributed by atoms with Crippen LogP contribution in [-0.2, 0) is 16.0 Å². The van der Waals surface area contributed by atoms with Gasteiger partial charge < -0.3 is 10.1 Å². The number of carbonyl (C=O) groups is 1. The van der Waals surface area contributed by atoms with Gasteiger partial charge in [-0.05, 0) is 24.6 Å². The van der Waals surface area contributed by atoms with Crippen LogP contribution in [0.5, 0.6) is 0 Å². The molecule has 0 saturated carbocycles. The normalized spacial score (nSPS) is 11.7. The second-order valence-electron chi connectivity index (χ2n) is 4.35. The molecule has 104 valence electrons. The van der Waals surface area contributed by atoms with Crippen LogP contribution in [0.15, 0.2) is 54.7 Å². The molecular formula is C16H18N2O2. The molecule has 1 aromatic carbocycles. The smallest absolute Gasteiger partial charge is 0.328 e. The van der Waals surface area contributed by atoms with Crippen molar-refractivity contribution in [2.24, 2.45) is 0 Å². The number of carbonyl (C=O) groups excluding carboxylic acids is 1. The maximum absolute atomic E-state index is 12.0. The lowest BCUT2D eigenvalue weighted by molar-refractivity contribution is -0.144. The van der Waals surface area contributed by atoms with E-state index in [1.807, 2.05) is 48.5 Å². The second kappa shape index (κ2) is 7.28. The van der Waals surface area contributed by atoms with Crippen molar-refractivity contribution in [1.82, 2.24) is 4.98 Å². The summed E-state index contributed by atoms with van der Waals surface area (Å²) in [6.45, 7) is 2.17. The number of nitrogens with one attached hydrogen (secondary N) is 1. The Bertz CT molecular complexity index is 487. The predicted molar refractivity (Wildman–Crippen MR) is 78.4 cm³/mol. The van der Waals surface area contributed by atoms with Crippen molar-refractivity contribution in [1.29, 1.82) is 0 Å². The number of rotatable bonds is 6. The standard InChI is InChI=1S/C16H18N2O2/c1-2-20-16(19)14(12-13-8-4-3-5-9-13)18-15-10-6-7-11-17-15/h3-11,14H,2,12H2,1H3,(H,17,18). The number of nitrogens with zero attached hydrogens (tertiary/aromatic N) is 1. The Hall–Kier alpha value is -2.36. The van der Waals surface area contributed by atoms with E-state index in [9.17, 15) is 4.79 Å². The monoisotopic (exact) mass is 270 g/mol. The fourth-order valence-corrected chi connectivity index (χ4v) is 1.91. The van der Waals surface area contributed by atoms with Gasteiger partial charge in [-0.3, -0.25) is 0 Å². The fraction of sp³-hybridized carbons (Fsp3) is 0.250. The van der Waals surface area contributed by atoms with Gasteiger partial charge in [-0.25, -0.2) is 9.78 Å². The molecule has 0 aliphatic heterocycles. The molecule has 20 heavy (non-hydrogen) atoms. The summed E-state index contributed by atoms with van der Waals surface area (Å²) in [7, 11) is 0. The van der Waals surface area contributed by atoms with Gasteiger partial charge in [0.05, 0.1) is 6.61 Å². The molecule has 1 atom stereocenters. The summed E-state index contributed by atoms with van der Waals surface area (Å²) < 4.78 is 5.12. The lowest BCUT2D eigenvalue weighted by atomic mass is 10.1. The van der Waals surface area contributed by atoms with Gasteiger partial charge in [0.2, 0.25) is 0 Å². The van der Waals surface area contributed by atoms with E-state index in [0.29, 0.717) is 18.8 Å². The van der Waals surface area contributed by atoms with Crippen molar-refractivity contribution in [2.75, 3.05) is 11.9 Å². The molecule has 0 radical (unpaired) electrons. The van der Waals surface area contributed by atoms with Crippen LogP contribution < -0.4 is 5.32 Å².